The first-order valence-corrected chi connectivity index (χ1v) is 5.29. The Morgan fingerprint density at radius 2 is 2.27 bits per heavy atom. The zero-order valence-electron chi connectivity index (χ0n) is 9.96. The summed E-state index contributed by atoms with van der Waals surface area (Å²) in [5.41, 5.74) is 2.45. The van der Waals surface area contributed by atoms with Crippen molar-refractivity contribution in [1.82, 2.24) is 15.1 Å². The first-order chi connectivity index (χ1) is 7.15. The molecule has 0 aliphatic heterocycles. The lowest BCUT2D eigenvalue weighted by molar-refractivity contribution is 0.586. The van der Waals surface area contributed by atoms with Crippen LogP contribution in [0.5, 0.6) is 0 Å². The normalized spacial score (nSPS) is 10.2. The van der Waals surface area contributed by atoms with E-state index < -0.39 is 0 Å². The average Bonchev–Trinajstić information content (AvgIpc) is 2.54. The van der Waals surface area contributed by atoms with E-state index in [9.17, 15) is 0 Å². The van der Waals surface area contributed by atoms with E-state index in [4.69, 9.17) is 0 Å². The highest BCUT2D eigenvalue weighted by atomic mass is 15.3. The van der Waals surface area contributed by atoms with Gasteiger partial charge in [-0.05, 0) is 13.8 Å². The molecule has 0 atom stereocenters. The van der Waals surface area contributed by atoms with Gasteiger partial charge in [0.25, 0.3) is 0 Å². The monoisotopic (exact) mass is 205 g/mol. The molecule has 1 aromatic heterocycles. The van der Waals surface area contributed by atoms with Crippen molar-refractivity contribution in [2.75, 3.05) is 0 Å². The lowest BCUT2D eigenvalue weighted by Crippen LogP contribution is -2.22. The number of nitrogens with one attached hydrogen (secondary N) is 1. The van der Waals surface area contributed by atoms with E-state index >= 15 is 0 Å². The number of rotatable bonds is 4. The van der Waals surface area contributed by atoms with Crippen LogP contribution in [0.15, 0.2) is 6.20 Å². The Morgan fingerprint density at radius 3 is 2.87 bits per heavy atom. The van der Waals surface area contributed by atoms with Gasteiger partial charge in [-0.25, -0.2) is 0 Å². The highest BCUT2D eigenvalue weighted by Gasteiger charge is 2.05. The van der Waals surface area contributed by atoms with E-state index in [1.165, 1.54) is 11.3 Å². The van der Waals surface area contributed by atoms with Crippen LogP contribution in [-0.4, -0.2) is 15.8 Å². The topological polar surface area (TPSA) is 29.9 Å². The summed E-state index contributed by atoms with van der Waals surface area (Å²) < 4.78 is 1.94. The van der Waals surface area contributed by atoms with Crippen molar-refractivity contribution in [3.63, 3.8) is 0 Å². The van der Waals surface area contributed by atoms with Crippen LogP contribution >= 0.6 is 0 Å². The highest BCUT2D eigenvalue weighted by Crippen LogP contribution is 2.06. The third-order valence-corrected chi connectivity index (χ3v) is 2.31. The molecule has 3 nitrogen and oxygen atoms in total. The second-order valence-electron chi connectivity index (χ2n) is 3.88. The van der Waals surface area contributed by atoms with Crippen LogP contribution in [0.3, 0.4) is 0 Å². The molecule has 1 N–H and O–H groups in total. The SMILES string of the molecule is CC#CCn1ncc(CNC(C)C)c1C. The molecule has 0 aliphatic carbocycles. The molecule has 0 bridgehead atoms. The molecule has 0 amide bonds. The van der Waals surface area contributed by atoms with Crippen molar-refractivity contribution >= 4 is 0 Å². The molecule has 0 unspecified atom stereocenters. The molecule has 15 heavy (non-hydrogen) atoms. The van der Waals surface area contributed by atoms with E-state index in [2.05, 4.69) is 43.0 Å². The van der Waals surface area contributed by atoms with Gasteiger partial charge in [-0.3, -0.25) is 4.68 Å². The van der Waals surface area contributed by atoms with Crippen molar-refractivity contribution in [3.05, 3.63) is 17.5 Å². The summed E-state index contributed by atoms with van der Waals surface area (Å²) in [6.45, 7) is 9.78. The summed E-state index contributed by atoms with van der Waals surface area (Å²) in [5, 5.41) is 7.69. The van der Waals surface area contributed by atoms with E-state index in [-0.39, 0.29) is 0 Å². The minimum absolute atomic E-state index is 0.503. The summed E-state index contributed by atoms with van der Waals surface area (Å²) in [7, 11) is 0. The van der Waals surface area contributed by atoms with Gasteiger partial charge in [-0.2, -0.15) is 5.10 Å². The Morgan fingerprint density at radius 1 is 1.53 bits per heavy atom. The van der Waals surface area contributed by atoms with Crippen LogP contribution in [0.2, 0.25) is 0 Å². The minimum atomic E-state index is 0.503. The lowest BCUT2D eigenvalue weighted by Gasteiger charge is -2.07. The molecule has 0 fully saturated rings. The van der Waals surface area contributed by atoms with Gasteiger partial charge in [0.1, 0.15) is 6.54 Å². The zero-order valence-corrected chi connectivity index (χ0v) is 9.96. The lowest BCUT2D eigenvalue weighted by atomic mass is 10.2. The fourth-order valence-electron chi connectivity index (χ4n) is 1.29. The predicted octanol–water partition coefficient (Wildman–Crippen LogP) is 1.71. The quantitative estimate of drug-likeness (QED) is 0.758. The van der Waals surface area contributed by atoms with E-state index in [1.54, 1.807) is 0 Å². The van der Waals surface area contributed by atoms with Gasteiger partial charge in [0.15, 0.2) is 0 Å². The maximum Gasteiger partial charge on any atom is 0.102 e. The zero-order chi connectivity index (χ0) is 11.3. The maximum atomic E-state index is 4.31. The van der Waals surface area contributed by atoms with Gasteiger partial charge in [-0.1, -0.05) is 19.8 Å². The van der Waals surface area contributed by atoms with Gasteiger partial charge in [0.2, 0.25) is 0 Å². The van der Waals surface area contributed by atoms with Gasteiger partial charge in [0.05, 0.1) is 6.20 Å². The van der Waals surface area contributed by atoms with E-state index in [0.29, 0.717) is 12.6 Å². The highest BCUT2D eigenvalue weighted by molar-refractivity contribution is 5.17. The van der Waals surface area contributed by atoms with Crippen molar-refractivity contribution in [1.29, 1.82) is 0 Å². The molecule has 1 aromatic rings. The summed E-state index contributed by atoms with van der Waals surface area (Å²) in [6.07, 6.45) is 1.92. The van der Waals surface area contributed by atoms with Crippen LogP contribution in [-0.2, 0) is 13.1 Å². The summed E-state index contributed by atoms with van der Waals surface area (Å²) in [6, 6.07) is 0.503. The summed E-state index contributed by atoms with van der Waals surface area (Å²) >= 11 is 0. The second kappa shape index (κ2) is 5.57. The van der Waals surface area contributed by atoms with Gasteiger partial charge < -0.3 is 5.32 Å². The Hall–Kier alpha value is -1.27. The van der Waals surface area contributed by atoms with Gasteiger partial charge >= 0.3 is 0 Å². The van der Waals surface area contributed by atoms with Crippen molar-refractivity contribution in [2.45, 2.75) is 46.8 Å². The van der Waals surface area contributed by atoms with E-state index in [1.807, 2.05) is 17.8 Å². The molecule has 1 heterocycles. The molecule has 82 valence electrons. The Labute approximate surface area is 91.9 Å². The first-order valence-electron chi connectivity index (χ1n) is 5.29. The smallest absolute Gasteiger partial charge is 0.102 e. The van der Waals surface area contributed by atoms with Crippen LogP contribution in [0.4, 0.5) is 0 Å². The summed E-state index contributed by atoms with van der Waals surface area (Å²) in [4.78, 5) is 0. The van der Waals surface area contributed by atoms with Crippen LogP contribution < -0.4 is 5.32 Å². The molecule has 0 radical (unpaired) electrons. The van der Waals surface area contributed by atoms with Crippen LogP contribution in [0.25, 0.3) is 0 Å². The standard InChI is InChI=1S/C12H19N3/c1-5-6-7-15-11(4)12(9-14-15)8-13-10(2)3/h9-10,13H,7-8H2,1-4H3. The molecule has 1 rings (SSSR count). The molecule has 0 aliphatic rings. The number of nitrogens with zero attached hydrogens (tertiary/aromatic N) is 2. The molecule has 3 heteroatoms. The molecule has 0 saturated heterocycles. The number of hydrogen-bond acceptors (Lipinski definition) is 2. The first kappa shape index (κ1) is 11.8. The Kier molecular flexibility index (Phi) is 4.38. The number of aromatic nitrogens is 2. The van der Waals surface area contributed by atoms with Crippen molar-refractivity contribution in [3.8, 4) is 11.8 Å². The molecule has 0 spiro atoms. The molecule has 0 saturated carbocycles. The van der Waals surface area contributed by atoms with E-state index in [0.717, 1.165) is 6.54 Å². The third kappa shape index (κ3) is 3.41. The molecule has 0 aromatic carbocycles. The van der Waals surface area contributed by atoms with Crippen LogP contribution in [0, 0.1) is 18.8 Å². The Balaban J connectivity index is 2.65. The van der Waals surface area contributed by atoms with Crippen LogP contribution in [0.1, 0.15) is 32.0 Å². The van der Waals surface area contributed by atoms with Gasteiger partial charge in [0, 0.05) is 23.8 Å². The van der Waals surface area contributed by atoms with Crippen molar-refractivity contribution in [2.24, 2.45) is 0 Å². The molecular formula is C12H19N3. The molecular weight excluding hydrogens is 186 g/mol. The predicted molar refractivity (Wildman–Crippen MR) is 62.4 cm³/mol. The maximum absolute atomic E-state index is 4.31. The van der Waals surface area contributed by atoms with Gasteiger partial charge in [-0.15, -0.1) is 5.92 Å². The fraction of sp³-hybridized carbons (Fsp3) is 0.583. The minimum Gasteiger partial charge on any atom is -0.310 e. The summed E-state index contributed by atoms with van der Waals surface area (Å²) in [5.74, 6) is 5.89. The largest absolute Gasteiger partial charge is 0.310 e. The van der Waals surface area contributed by atoms with Crippen molar-refractivity contribution < 1.29 is 0 Å². The fourth-order valence-corrected chi connectivity index (χ4v) is 1.29. The Bertz CT molecular complexity index is 366. The average molecular weight is 205 g/mol. The third-order valence-electron chi connectivity index (χ3n) is 2.31. The second-order valence-corrected chi connectivity index (χ2v) is 3.88. The number of hydrogen-bond donors (Lipinski definition) is 1.